The Morgan fingerprint density at radius 1 is 1.10 bits per heavy atom. The smallest absolute Gasteiger partial charge is 0.247 e. The Balaban J connectivity index is 1.74. The van der Waals surface area contributed by atoms with Crippen molar-refractivity contribution in [1.82, 2.24) is 10.2 Å². The molecule has 0 aliphatic carbocycles. The minimum absolute atomic E-state index is 0.290. The van der Waals surface area contributed by atoms with Crippen LogP contribution >= 0.6 is 23.2 Å². The van der Waals surface area contributed by atoms with Crippen LogP contribution in [0.25, 0.3) is 0 Å². The molecule has 0 unspecified atom stereocenters. The van der Waals surface area contributed by atoms with Gasteiger partial charge in [0.15, 0.2) is 0 Å². The van der Waals surface area contributed by atoms with Crippen LogP contribution < -0.4 is 20.1 Å². The molecule has 0 radical (unpaired) electrons. The van der Waals surface area contributed by atoms with Crippen molar-refractivity contribution in [3.63, 3.8) is 0 Å². The fourth-order valence-electron chi connectivity index (χ4n) is 2.99. The van der Waals surface area contributed by atoms with E-state index in [4.69, 9.17) is 32.7 Å². The summed E-state index contributed by atoms with van der Waals surface area (Å²) in [5.41, 5.74) is 2.89. The van der Waals surface area contributed by atoms with Crippen LogP contribution in [0.5, 0.6) is 11.5 Å². The Kier molecular flexibility index (Phi) is 7.44. The number of hydrogen-bond donors (Lipinski definition) is 3. The average molecular weight is 461 g/mol. The number of aromatic amines is 1. The minimum Gasteiger partial charge on any atom is -0.495 e. The predicted molar refractivity (Wildman–Crippen MR) is 124 cm³/mol. The van der Waals surface area contributed by atoms with Gasteiger partial charge in [0.25, 0.3) is 0 Å². The van der Waals surface area contributed by atoms with Gasteiger partial charge in [0, 0.05) is 12.1 Å². The molecule has 0 aliphatic heterocycles. The molecule has 2 aromatic carbocycles. The zero-order valence-corrected chi connectivity index (χ0v) is 18.6. The quantitative estimate of drug-likeness (QED) is 0.372. The number of H-pyrrole nitrogens is 1. The number of methoxy groups -OCH3 is 2. The number of halogens is 2. The van der Waals surface area contributed by atoms with Gasteiger partial charge in [-0.25, -0.2) is 0 Å². The number of anilines is 3. The summed E-state index contributed by atoms with van der Waals surface area (Å²) in [5.74, 6) is 1.39. The molecule has 0 saturated heterocycles. The van der Waals surface area contributed by atoms with Crippen molar-refractivity contribution in [2.24, 2.45) is 0 Å². The second kappa shape index (κ2) is 10.2. The van der Waals surface area contributed by atoms with Crippen molar-refractivity contribution in [3.05, 3.63) is 70.4 Å². The fraction of sp³-hybridized carbons (Fsp3) is 0.182. The molecule has 9 heteroatoms. The molecular formula is C22H22Cl2N4O3. The third-order valence-electron chi connectivity index (χ3n) is 4.57. The molecule has 7 nitrogen and oxygen atoms in total. The SMILES string of the molecule is C=CC(=O)Nc1ccccc1Nc1cc(CCc2c(Cl)c(OC)cc(OC)c2Cl)n[nH]1. The normalized spacial score (nSPS) is 10.5. The van der Waals surface area contributed by atoms with E-state index in [0.717, 1.165) is 16.9 Å². The second-order valence-corrected chi connectivity index (χ2v) is 7.28. The molecule has 3 aromatic rings. The summed E-state index contributed by atoms with van der Waals surface area (Å²) >= 11 is 12.9. The van der Waals surface area contributed by atoms with Crippen LogP contribution in [0.4, 0.5) is 17.2 Å². The van der Waals surface area contributed by atoms with Gasteiger partial charge in [-0.1, -0.05) is 41.9 Å². The number of nitrogens with one attached hydrogen (secondary N) is 3. The van der Waals surface area contributed by atoms with Crippen LogP contribution in [0.15, 0.2) is 49.1 Å². The van der Waals surface area contributed by atoms with E-state index >= 15 is 0 Å². The Hall–Kier alpha value is -3.16. The molecule has 1 amide bonds. The first-order valence-corrected chi connectivity index (χ1v) is 10.1. The van der Waals surface area contributed by atoms with Gasteiger partial charge in [-0.15, -0.1) is 0 Å². The number of aryl methyl sites for hydroxylation is 1. The van der Waals surface area contributed by atoms with Gasteiger partial charge < -0.3 is 20.1 Å². The number of aromatic nitrogens is 2. The first-order valence-electron chi connectivity index (χ1n) is 9.39. The Morgan fingerprint density at radius 3 is 2.35 bits per heavy atom. The zero-order chi connectivity index (χ0) is 22.4. The number of carbonyl (C=O) groups excluding carboxylic acids is 1. The van der Waals surface area contributed by atoms with Crippen molar-refractivity contribution in [2.75, 3.05) is 24.9 Å². The lowest BCUT2D eigenvalue weighted by atomic mass is 10.1. The topological polar surface area (TPSA) is 88.3 Å². The third kappa shape index (κ3) is 5.31. The van der Waals surface area contributed by atoms with E-state index in [1.54, 1.807) is 26.4 Å². The lowest BCUT2D eigenvalue weighted by Gasteiger charge is -2.14. The summed E-state index contributed by atoms with van der Waals surface area (Å²) in [6, 6.07) is 10.9. The highest BCUT2D eigenvalue weighted by molar-refractivity contribution is 6.37. The Morgan fingerprint density at radius 2 is 1.74 bits per heavy atom. The molecule has 3 rings (SSSR count). The summed E-state index contributed by atoms with van der Waals surface area (Å²) < 4.78 is 10.6. The van der Waals surface area contributed by atoms with Crippen molar-refractivity contribution in [3.8, 4) is 11.5 Å². The van der Waals surface area contributed by atoms with Gasteiger partial charge in [0.1, 0.15) is 17.3 Å². The lowest BCUT2D eigenvalue weighted by molar-refractivity contribution is -0.111. The Labute approximate surface area is 190 Å². The molecule has 0 aliphatic rings. The first kappa shape index (κ1) is 22.5. The van der Waals surface area contributed by atoms with E-state index in [0.29, 0.717) is 45.9 Å². The minimum atomic E-state index is -0.290. The monoisotopic (exact) mass is 460 g/mol. The highest BCUT2D eigenvalue weighted by atomic mass is 35.5. The number of nitrogens with zero attached hydrogens (tertiary/aromatic N) is 1. The Bertz CT molecular complexity index is 1070. The van der Waals surface area contributed by atoms with Gasteiger partial charge in [-0.05, 0) is 36.6 Å². The predicted octanol–water partition coefficient (Wildman–Crippen LogP) is 5.39. The van der Waals surface area contributed by atoms with Gasteiger partial charge in [-0.2, -0.15) is 5.10 Å². The number of hydrogen-bond acceptors (Lipinski definition) is 5. The van der Waals surface area contributed by atoms with E-state index in [-0.39, 0.29) is 5.91 Å². The van der Waals surface area contributed by atoms with Crippen LogP contribution in [-0.2, 0) is 17.6 Å². The number of carbonyl (C=O) groups is 1. The van der Waals surface area contributed by atoms with E-state index in [2.05, 4.69) is 27.4 Å². The first-order chi connectivity index (χ1) is 15.0. The van der Waals surface area contributed by atoms with Crippen LogP contribution in [-0.4, -0.2) is 30.3 Å². The number of benzene rings is 2. The highest BCUT2D eigenvalue weighted by Crippen LogP contribution is 2.40. The van der Waals surface area contributed by atoms with E-state index in [9.17, 15) is 4.79 Å². The van der Waals surface area contributed by atoms with Crippen LogP contribution in [0.2, 0.25) is 10.0 Å². The molecule has 1 aromatic heterocycles. The maximum atomic E-state index is 11.6. The van der Waals surface area contributed by atoms with Gasteiger partial charge in [-0.3, -0.25) is 9.89 Å². The molecule has 162 valence electrons. The van der Waals surface area contributed by atoms with Crippen molar-refractivity contribution >= 4 is 46.3 Å². The van der Waals surface area contributed by atoms with Gasteiger partial charge in [0.2, 0.25) is 5.91 Å². The molecular weight excluding hydrogens is 439 g/mol. The lowest BCUT2D eigenvalue weighted by Crippen LogP contribution is -2.09. The van der Waals surface area contributed by atoms with Gasteiger partial charge in [0.05, 0.1) is 41.3 Å². The highest BCUT2D eigenvalue weighted by Gasteiger charge is 2.17. The summed E-state index contributed by atoms with van der Waals surface area (Å²) in [7, 11) is 3.08. The second-order valence-electron chi connectivity index (χ2n) is 6.52. The van der Waals surface area contributed by atoms with Crippen molar-refractivity contribution < 1.29 is 14.3 Å². The van der Waals surface area contributed by atoms with Crippen molar-refractivity contribution in [1.29, 1.82) is 0 Å². The standard InChI is InChI=1S/C22H22Cl2N4O3/c1-4-20(29)26-16-8-6-5-7-15(16)25-19-11-13(27-28-19)9-10-14-21(23)17(30-2)12-18(31-3)22(14)24/h4-8,11-12H,1,9-10H2,2-3H3,(H,26,29)(H2,25,27,28). The number of ether oxygens (including phenoxy) is 2. The van der Waals surface area contributed by atoms with Crippen LogP contribution in [0.3, 0.4) is 0 Å². The maximum absolute atomic E-state index is 11.6. The number of rotatable bonds is 9. The molecule has 31 heavy (non-hydrogen) atoms. The molecule has 0 spiro atoms. The molecule has 3 N–H and O–H groups in total. The fourth-order valence-corrected chi connectivity index (χ4v) is 3.68. The number of amides is 1. The van der Waals surface area contributed by atoms with E-state index in [1.807, 2.05) is 24.3 Å². The third-order valence-corrected chi connectivity index (χ3v) is 5.40. The van der Waals surface area contributed by atoms with Crippen molar-refractivity contribution in [2.45, 2.75) is 12.8 Å². The number of para-hydroxylation sites is 2. The molecule has 0 fully saturated rings. The summed E-state index contributed by atoms with van der Waals surface area (Å²) in [5, 5.41) is 14.2. The molecule has 0 bridgehead atoms. The summed E-state index contributed by atoms with van der Waals surface area (Å²) in [6.45, 7) is 3.47. The molecule has 1 heterocycles. The summed E-state index contributed by atoms with van der Waals surface area (Å²) in [6.07, 6.45) is 2.35. The molecule has 0 atom stereocenters. The average Bonchev–Trinajstić information content (AvgIpc) is 3.22. The van der Waals surface area contributed by atoms with E-state index < -0.39 is 0 Å². The van der Waals surface area contributed by atoms with E-state index in [1.165, 1.54) is 6.08 Å². The van der Waals surface area contributed by atoms with Crippen LogP contribution in [0.1, 0.15) is 11.3 Å². The maximum Gasteiger partial charge on any atom is 0.247 e. The largest absolute Gasteiger partial charge is 0.495 e. The summed E-state index contributed by atoms with van der Waals surface area (Å²) in [4.78, 5) is 11.6. The van der Waals surface area contributed by atoms with Crippen LogP contribution in [0, 0.1) is 0 Å². The molecule has 0 saturated carbocycles. The van der Waals surface area contributed by atoms with Gasteiger partial charge >= 0.3 is 0 Å². The zero-order valence-electron chi connectivity index (χ0n) is 17.1.